The summed E-state index contributed by atoms with van der Waals surface area (Å²) in [4.78, 5) is 48.1. The van der Waals surface area contributed by atoms with Crippen LogP contribution in [0, 0.1) is 11.8 Å². The van der Waals surface area contributed by atoms with Crippen LogP contribution in [0.15, 0.2) is 0 Å². The Morgan fingerprint density at radius 3 is 1.94 bits per heavy atom. The Balaban J connectivity index is 3.06. The molecule has 1 heterocycles. The summed E-state index contributed by atoms with van der Waals surface area (Å²) >= 11 is 0. The van der Waals surface area contributed by atoms with Crippen LogP contribution in [0.4, 0.5) is 4.79 Å². The van der Waals surface area contributed by atoms with Crippen molar-refractivity contribution in [2.75, 3.05) is 21.2 Å². The smallest absolute Gasteiger partial charge is 0.332 e. The molecule has 0 aromatic heterocycles. The van der Waals surface area contributed by atoms with Crippen LogP contribution in [-0.4, -0.2) is 54.8 Å². The number of carbonyl (C=O) groups is 4. The number of ether oxygens (including phenoxy) is 1. The molecule has 0 radical (unpaired) electrons. The van der Waals surface area contributed by atoms with Gasteiger partial charge in [0, 0.05) is 14.1 Å². The molecule has 94 valence electrons. The maximum Gasteiger partial charge on any atom is 0.332 e. The molecule has 0 aromatic rings. The molecule has 0 spiro atoms. The topological polar surface area (TPSA) is 84.0 Å². The van der Waals surface area contributed by atoms with E-state index in [-0.39, 0.29) is 0 Å². The summed E-state index contributed by atoms with van der Waals surface area (Å²) in [6.07, 6.45) is 0. The van der Waals surface area contributed by atoms with Gasteiger partial charge in [0.15, 0.2) is 0 Å². The second-order valence-corrected chi connectivity index (χ2v) is 3.87. The molecule has 1 atom stereocenters. The zero-order valence-corrected chi connectivity index (χ0v) is 10.1. The summed E-state index contributed by atoms with van der Waals surface area (Å²) in [5.41, 5.74) is 0. The highest BCUT2D eigenvalue weighted by Gasteiger charge is 2.47. The molecule has 0 N–H and O–H groups in total. The van der Waals surface area contributed by atoms with Gasteiger partial charge in [-0.1, -0.05) is 6.92 Å². The zero-order valence-electron chi connectivity index (χ0n) is 10.1. The van der Waals surface area contributed by atoms with Crippen molar-refractivity contribution in [1.82, 2.24) is 9.80 Å². The molecule has 1 aliphatic heterocycles. The molecule has 0 bridgehead atoms. The van der Waals surface area contributed by atoms with Gasteiger partial charge in [0.25, 0.3) is 0 Å². The number of nitrogens with zero attached hydrogens (tertiary/aromatic N) is 2. The lowest BCUT2D eigenvalue weighted by atomic mass is 9.90. The van der Waals surface area contributed by atoms with E-state index in [9.17, 15) is 19.2 Å². The van der Waals surface area contributed by atoms with Gasteiger partial charge in [-0.2, -0.15) is 0 Å². The van der Waals surface area contributed by atoms with Crippen molar-refractivity contribution >= 4 is 23.8 Å². The first-order chi connectivity index (χ1) is 7.82. The van der Waals surface area contributed by atoms with E-state index in [4.69, 9.17) is 0 Å². The van der Waals surface area contributed by atoms with Gasteiger partial charge in [-0.15, -0.1) is 0 Å². The number of amides is 4. The van der Waals surface area contributed by atoms with Crippen LogP contribution in [0.25, 0.3) is 0 Å². The predicted octanol–water partition coefficient (Wildman–Crippen LogP) is -0.538. The summed E-state index contributed by atoms with van der Waals surface area (Å²) in [6, 6.07) is -0.701. The van der Waals surface area contributed by atoms with Gasteiger partial charge in [0.05, 0.1) is 13.0 Å². The van der Waals surface area contributed by atoms with Crippen molar-refractivity contribution in [2.45, 2.75) is 6.92 Å². The summed E-state index contributed by atoms with van der Waals surface area (Å²) in [5, 5.41) is 0. The fourth-order valence-corrected chi connectivity index (χ4v) is 1.69. The van der Waals surface area contributed by atoms with E-state index in [2.05, 4.69) is 4.74 Å². The minimum Gasteiger partial charge on any atom is -0.469 e. The molecule has 0 saturated carbocycles. The maximum absolute atomic E-state index is 11.8. The molecule has 7 nitrogen and oxygen atoms in total. The number of carbonyl (C=O) groups excluding carboxylic acids is 4. The number of esters is 1. The van der Waals surface area contributed by atoms with E-state index in [1.165, 1.54) is 28.1 Å². The van der Waals surface area contributed by atoms with Crippen LogP contribution in [0.5, 0.6) is 0 Å². The van der Waals surface area contributed by atoms with Crippen molar-refractivity contribution in [2.24, 2.45) is 11.8 Å². The molecule has 1 saturated heterocycles. The lowest BCUT2D eigenvalue weighted by Crippen LogP contribution is -2.59. The van der Waals surface area contributed by atoms with E-state index < -0.39 is 35.7 Å². The number of rotatable bonds is 2. The van der Waals surface area contributed by atoms with Crippen LogP contribution in [0.3, 0.4) is 0 Å². The van der Waals surface area contributed by atoms with E-state index in [1.807, 2.05) is 0 Å². The second kappa shape index (κ2) is 4.52. The zero-order chi connectivity index (χ0) is 13.3. The summed E-state index contributed by atoms with van der Waals surface area (Å²) in [7, 11) is 3.71. The molecule has 1 aliphatic rings. The molecule has 4 amide bonds. The van der Waals surface area contributed by atoms with E-state index in [0.717, 1.165) is 9.80 Å². The standard InChI is InChI=1S/C10H14N2O5/c1-5(9(15)17-4)6-7(13)11(2)10(16)12(3)8(6)14/h5-6H,1-4H3/t5-/m1/s1. The molecule has 0 aromatic carbocycles. The first-order valence-electron chi connectivity index (χ1n) is 4.99. The lowest BCUT2D eigenvalue weighted by Gasteiger charge is -2.34. The minimum absolute atomic E-state index is 0.659. The Morgan fingerprint density at radius 1 is 1.18 bits per heavy atom. The van der Waals surface area contributed by atoms with Gasteiger partial charge in [0.1, 0.15) is 5.92 Å². The molecular weight excluding hydrogens is 228 g/mol. The van der Waals surface area contributed by atoms with Gasteiger partial charge in [-0.25, -0.2) is 4.79 Å². The number of barbiturate groups is 1. The Morgan fingerprint density at radius 2 is 1.59 bits per heavy atom. The van der Waals surface area contributed by atoms with Crippen LogP contribution < -0.4 is 0 Å². The normalized spacial score (nSPS) is 19.6. The third-order valence-corrected chi connectivity index (χ3v) is 2.84. The number of hydrogen-bond donors (Lipinski definition) is 0. The molecule has 0 aliphatic carbocycles. The van der Waals surface area contributed by atoms with Gasteiger partial charge >= 0.3 is 12.0 Å². The summed E-state index contributed by atoms with van der Waals surface area (Å²) < 4.78 is 4.49. The number of hydrogen-bond acceptors (Lipinski definition) is 5. The average molecular weight is 242 g/mol. The van der Waals surface area contributed by atoms with E-state index in [1.54, 1.807) is 0 Å². The molecule has 7 heteroatoms. The van der Waals surface area contributed by atoms with Crippen molar-refractivity contribution in [3.63, 3.8) is 0 Å². The summed E-state index contributed by atoms with van der Waals surface area (Å²) in [6.45, 7) is 1.42. The van der Waals surface area contributed by atoms with Gasteiger partial charge in [-0.05, 0) is 0 Å². The predicted molar refractivity (Wildman–Crippen MR) is 55.6 cm³/mol. The Kier molecular flexibility index (Phi) is 3.50. The van der Waals surface area contributed by atoms with Crippen LogP contribution in [0.1, 0.15) is 6.92 Å². The van der Waals surface area contributed by atoms with Crippen molar-refractivity contribution in [3.05, 3.63) is 0 Å². The van der Waals surface area contributed by atoms with Crippen molar-refractivity contribution < 1.29 is 23.9 Å². The third-order valence-electron chi connectivity index (χ3n) is 2.84. The maximum atomic E-state index is 11.8. The number of urea groups is 1. The van der Waals surface area contributed by atoms with Crippen LogP contribution in [-0.2, 0) is 19.1 Å². The largest absolute Gasteiger partial charge is 0.469 e. The van der Waals surface area contributed by atoms with Gasteiger partial charge in [0.2, 0.25) is 11.8 Å². The van der Waals surface area contributed by atoms with Crippen LogP contribution >= 0.6 is 0 Å². The molecule has 1 rings (SSSR count). The van der Waals surface area contributed by atoms with Crippen molar-refractivity contribution in [1.29, 1.82) is 0 Å². The highest BCUT2D eigenvalue weighted by Crippen LogP contribution is 2.23. The van der Waals surface area contributed by atoms with Crippen molar-refractivity contribution in [3.8, 4) is 0 Å². The second-order valence-electron chi connectivity index (χ2n) is 3.87. The van der Waals surface area contributed by atoms with E-state index >= 15 is 0 Å². The SMILES string of the molecule is COC(=O)[C@H](C)C1C(=O)N(C)C(=O)N(C)C1=O. The molecule has 17 heavy (non-hydrogen) atoms. The van der Waals surface area contributed by atoms with Crippen LogP contribution in [0.2, 0.25) is 0 Å². The fraction of sp³-hybridized carbons (Fsp3) is 0.600. The molecular formula is C10H14N2O5. The Labute approximate surface area is 98.3 Å². The van der Waals surface area contributed by atoms with Gasteiger partial charge < -0.3 is 4.74 Å². The first-order valence-corrected chi connectivity index (χ1v) is 4.99. The lowest BCUT2D eigenvalue weighted by molar-refractivity contribution is -0.159. The highest BCUT2D eigenvalue weighted by molar-refractivity contribution is 6.17. The Hall–Kier alpha value is -1.92. The quantitative estimate of drug-likeness (QED) is 0.479. The average Bonchev–Trinajstić information content (AvgIpc) is 2.32. The number of methoxy groups -OCH3 is 1. The minimum atomic E-state index is -1.20. The first kappa shape index (κ1) is 13.1. The third kappa shape index (κ3) is 2.00. The van der Waals surface area contributed by atoms with Gasteiger partial charge in [-0.3, -0.25) is 24.2 Å². The fourth-order valence-electron chi connectivity index (χ4n) is 1.69. The Bertz CT molecular complexity index is 368. The van der Waals surface area contributed by atoms with E-state index in [0.29, 0.717) is 0 Å². The summed E-state index contributed by atoms with van der Waals surface area (Å²) in [5.74, 6) is -4.15. The number of imide groups is 2. The monoisotopic (exact) mass is 242 g/mol. The highest BCUT2D eigenvalue weighted by atomic mass is 16.5. The molecule has 0 unspecified atom stereocenters. The molecule has 1 fully saturated rings.